The second-order valence-corrected chi connectivity index (χ2v) is 8.27. The van der Waals surface area contributed by atoms with Crippen molar-refractivity contribution in [2.75, 3.05) is 18.4 Å². The van der Waals surface area contributed by atoms with E-state index in [2.05, 4.69) is 24.2 Å². The molecule has 0 aromatic heterocycles. The Kier molecular flexibility index (Phi) is 10.2. The van der Waals surface area contributed by atoms with Crippen LogP contribution < -0.4 is 11.1 Å². The first-order valence-corrected chi connectivity index (χ1v) is 11.5. The molecule has 0 atom stereocenters. The molecule has 180 valence electrons. The molecular weight excluding hydrogens is 428 g/mol. The molecule has 0 fully saturated rings. The van der Waals surface area contributed by atoms with Crippen LogP contribution in [0.3, 0.4) is 0 Å². The molecule has 3 N–H and O–H groups in total. The number of anilines is 1. The van der Waals surface area contributed by atoms with Crippen molar-refractivity contribution < 1.29 is 14.4 Å². The largest absolute Gasteiger partial charge is 0.387 e. The first-order valence-electron chi connectivity index (χ1n) is 11.5. The van der Waals surface area contributed by atoms with E-state index in [0.717, 1.165) is 43.5 Å². The SMILES string of the molecule is CC(=O)c1ccc(NC(=O)c2ccc3c(c2)N=C(N)CC(C)=C3)cc1.CCCN(C=O)CCC. The van der Waals surface area contributed by atoms with E-state index in [1.165, 1.54) is 6.92 Å². The van der Waals surface area contributed by atoms with Gasteiger partial charge in [0.25, 0.3) is 5.91 Å². The number of nitrogens with two attached hydrogens (primary N) is 1. The highest BCUT2D eigenvalue weighted by Crippen LogP contribution is 2.27. The zero-order chi connectivity index (χ0) is 25.1. The van der Waals surface area contributed by atoms with E-state index in [0.29, 0.717) is 34.8 Å². The van der Waals surface area contributed by atoms with Gasteiger partial charge in [-0.15, -0.1) is 0 Å². The predicted molar refractivity (Wildman–Crippen MR) is 139 cm³/mol. The molecule has 0 radical (unpaired) electrons. The highest BCUT2D eigenvalue weighted by atomic mass is 16.2. The number of nitrogens with zero attached hydrogens (tertiary/aromatic N) is 2. The molecule has 2 aromatic rings. The summed E-state index contributed by atoms with van der Waals surface area (Å²) in [4.78, 5) is 40.2. The minimum absolute atomic E-state index is 0.0116. The van der Waals surface area contributed by atoms with Gasteiger partial charge < -0.3 is 16.0 Å². The molecule has 1 aliphatic rings. The van der Waals surface area contributed by atoms with Gasteiger partial charge >= 0.3 is 0 Å². The van der Waals surface area contributed by atoms with E-state index in [9.17, 15) is 14.4 Å². The van der Waals surface area contributed by atoms with Crippen molar-refractivity contribution in [2.45, 2.75) is 47.0 Å². The second-order valence-electron chi connectivity index (χ2n) is 8.27. The van der Waals surface area contributed by atoms with Crippen molar-refractivity contribution in [3.8, 4) is 0 Å². The molecular formula is C27H34N4O3. The summed E-state index contributed by atoms with van der Waals surface area (Å²) in [6.07, 6.45) is 5.68. The summed E-state index contributed by atoms with van der Waals surface area (Å²) in [5.41, 5.74) is 10.4. The highest BCUT2D eigenvalue weighted by Gasteiger charge is 2.12. The summed E-state index contributed by atoms with van der Waals surface area (Å²) in [6.45, 7) is 9.46. The predicted octanol–water partition coefficient (Wildman–Crippen LogP) is 5.20. The Hall–Kier alpha value is -3.74. The van der Waals surface area contributed by atoms with Crippen molar-refractivity contribution in [3.63, 3.8) is 0 Å². The highest BCUT2D eigenvalue weighted by molar-refractivity contribution is 6.05. The zero-order valence-corrected chi connectivity index (χ0v) is 20.4. The minimum Gasteiger partial charge on any atom is -0.387 e. The fourth-order valence-corrected chi connectivity index (χ4v) is 3.48. The number of amidine groups is 1. The number of hydrogen-bond donors (Lipinski definition) is 2. The molecule has 7 heteroatoms. The van der Waals surface area contributed by atoms with Gasteiger partial charge in [0.1, 0.15) is 5.84 Å². The van der Waals surface area contributed by atoms with Gasteiger partial charge in [-0.05, 0) is 63.1 Å². The molecule has 0 aliphatic carbocycles. The first kappa shape index (κ1) is 26.5. The summed E-state index contributed by atoms with van der Waals surface area (Å²) in [5.74, 6) is 0.282. The summed E-state index contributed by atoms with van der Waals surface area (Å²) in [5, 5.41) is 2.82. The van der Waals surface area contributed by atoms with Crippen LogP contribution in [0.5, 0.6) is 0 Å². The molecule has 1 heterocycles. The van der Waals surface area contributed by atoms with E-state index in [-0.39, 0.29) is 11.7 Å². The van der Waals surface area contributed by atoms with Crippen LogP contribution in [0.2, 0.25) is 0 Å². The van der Waals surface area contributed by atoms with Crippen molar-refractivity contribution in [3.05, 3.63) is 64.7 Å². The maximum atomic E-state index is 12.5. The smallest absolute Gasteiger partial charge is 0.255 e. The average Bonchev–Trinajstić information content (AvgIpc) is 2.95. The number of ketones is 1. The molecule has 2 aromatic carbocycles. The lowest BCUT2D eigenvalue weighted by Gasteiger charge is -2.13. The number of amides is 2. The Bertz CT molecular complexity index is 1070. The average molecular weight is 463 g/mol. The van der Waals surface area contributed by atoms with Crippen LogP contribution in [0.1, 0.15) is 73.2 Å². The van der Waals surface area contributed by atoms with Gasteiger partial charge in [-0.3, -0.25) is 14.4 Å². The van der Waals surface area contributed by atoms with Gasteiger partial charge in [0.15, 0.2) is 5.78 Å². The number of rotatable bonds is 8. The molecule has 0 bridgehead atoms. The van der Waals surface area contributed by atoms with Crippen molar-refractivity contribution in [1.82, 2.24) is 4.90 Å². The Morgan fingerprint density at radius 3 is 2.24 bits per heavy atom. The lowest BCUT2D eigenvalue weighted by molar-refractivity contribution is -0.118. The van der Waals surface area contributed by atoms with Crippen LogP contribution >= 0.6 is 0 Å². The molecule has 0 unspecified atom stereocenters. The minimum atomic E-state index is -0.239. The summed E-state index contributed by atoms with van der Waals surface area (Å²) >= 11 is 0. The van der Waals surface area contributed by atoms with E-state index in [1.54, 1.807) is 41.3 Å². The topological polar surface area (TPSA) is 105 Å². The third kappa shape index (κ3) is 7.99. The Morgan fingerprint density at radius 1 is 1.06 bits per heavy atom. The Labute approximate surface area is 201 Å². The van der Waals surface area contributed by atoms with Gasteiger partial charge in [0.05, 0.1) is 5.69 Å². The third-order valence-electron chi connectivity index (χ3n) is 5.14. The van der Waals surface area contributed by atoms with Gasteiger partial charge in [-0.25, -0.2) is 4.99 Å². The van der Waals surface area contributed by atoms with E-state index in [4.69, 9.17) is 5.73 Å². The normalized spacial score (nSPS) is 12.1. The fourth-order valence-electron chi connectivity index (χ4n) is 3.48. The summed E-state index contributed by atoms with van der Waals surface area (Å²) < 4.78 is 0. The number of hydrogen-bond acceptors (Lipinski definition) is 5. The number of fused-ring (bicyclic) bond motifs is 1. The molecule has 0 spiro atoms. The Morgan fingerprint density at radius 2 is 1.68 bits per heavy atom. The molecule has 34 heavy (non-hydrogen) atoms. The van der Waals surface area contributed by atoms with Crippen molar-refractivity contribution in [1.29, 1.82) is 0 Å². The van der Waals surface area contributed by atoms with Crippen LogP contribution in [0, 0.1) is 0 Å². The molecule has 1 aliphatic heterocycles. The van der Waals surface area contributed by atoms with Gasteiger partial charge in [0.2, 0.25) is 6.41 Å². The van der Waals surface area contributed by atoms with Crippen LogP contribution in [-0.4, -0.2) is 41.9 Å². The maximum absolute atomic E-state index is 12.5. The first-order chi connectivity index (χ1) is 16.3. The number of nitrogens with one attached hydrogen (secondary N) is 1. The number of carbonyl (C=O) groups excluding carboxylic acids is 3. The summed E-state index contributed by atoms with van der Waals surface area (Å²) in [6, 6.07) is 12.2. The molecule has 2 amide bonds. The van der Waals surface area contributed by atoms with Gasteiger partial charge in [-0.2, -0.15) is 0 Å². The monoisotopic (exact) mass is 462 g/mol. The number of aliphatic imine (C=N–C) groups is 1. The van der Waals surface area contributed by atoms with E-state index in [1.807, 2.05) is 19.1 Å². The van der Waals surface area contributed by atoms with Crippen molar-refractivity contribution in [2.24, 2.45) is 10.7 Å². The van der Waals surface area contributed by atoms with Crippen molar-refractivity contribution >= 4 is 41.4 Å². The van der Waals surface area contributed by atoms with E-state index < -0.39 is 0 Å². The molecule has 3 rings (SSSR count). The van der Waals surface area contributed by atoms with Gasteiger partial charge in [-0.1, -0.05) is 31.6 Å². The molecule has 0 saturated heterocycles. The summed E-state index contributed by atoms with van der Waals surface area (Å²) in [7, 11) is 0. The van der Waals surface area contributed by atoms with Crippen LogP contribution in [0.15, 0.2) is 53.0 Å². The third-order valence-corrected chi connectivity index (χ3v) is 5.14. The van der Waals surface area contributed by atoms with Crippen LogP contribution in [-0.2, 0) is 4.79 Å². The second kappa shape index (κ2) is 13.1. The zero-order valence-electron chi connectivity index (χ0n) is 20.4. The van der Waals surface area contributed by atoms with Crippen LogP contribution in [0.25, 0.3) is 6.08 Å². The molecule has 0 saturated carbocycles. The lowest BCUT2D eigenvalue weighted by Crippen LogP contribution is -2.23. The number of Topliss-reactive ketones (excluding diaryl/α,β-unsaturated/α-hetero) is 1. The number of benzene rings is 2. The quantitative estimate of drug-likeness (QED) is 0.415. The van der Waals surface area contributed by atoms with Crippen LogP contribution in [0.4, 0.5) is 11.4 Å². The maximum Gasteiger partial charge on any atom is 0.255 e. The fraction of sp³-hybridized carbons (Fsp3) is 0.333. The van der Waals surface area contributed by atoms with E-state index >= 15 is 0 Å². The standard InChI is InChI=1S/C20H19N3O2.C7H15NO/c1-12-9-15-3-4-16(11-18(15)23-19(21)10-12)20(25)22-17-7-5-14(6-8-17)13(2)24;1-3-5-8(7-9)6-4-2/h3-9,11H,10H2,1-2H3,(H2,21,23)(H,22,25);7H,3-6H2,1-2H3. The number of carbonyl (C=O) groups is 3. The molecule has 7 nitrogen and oxygen atoms in total. The Balaban J connectivity index is 0.000000387. The van der Waals surface area contributed by atoms with Gasteiger partial charge in [0, 0.05) is 41.9 Å². The lowest BCUT2D eigenvalue weighted by atomic mass is 10.1.